The maximum absolute atomic E-state index is 12.6. The maximum atomic E-state index is 12.6. The van der Waals surface area contributed by atoms with Gasteiger partial charge >= 0.3 is 23.9 Å². The van der Waals surface area contributed by atoms with Crippen LogP contribution in [0.15, 0.2) is 78.9 Å². The Hall–Kier alpha value is -4.46. The lowest BCUT2D eigenvalue weighted by Crippen LogP contribution is -2.16. The predicted octanol–water partition coefficient (Wildman–Crippen LogP) is 4.59. The fourth-order valence-electron chi connectivity index (χ4n) is 2.52. The number of rotatable bonds is 10. The molecule has 0 radical (unpaired) electrons. The van der Waals surface area contributed by atoms with Crippen molar-refractivity contribution in [2.24, 2.45) is 0 Å². The van der Waals surface area contributed by atoms with E-state index in [1.807, 2.05) is 0 Å². The molecule has 0 unspecified atom stereocenters. The summed E-state index contributed by atoms with van der Waals surface area (Å²) in [6.45, 7) is 14.7. The van der Waals surface area contributed by atoms with Gasteiger partial charge in [-0.25, -0.2) is 19.2 Å². The molecule has 0 fully saturated rings. The van der Waals surface area contributed by atoms with E-state index in [-0.39, 0.29) is 41.2 Å². The third kappa shape index (κ3) is 7.82. The highest BCUT2D eigenvalue weighted by atomic mass is 16.6. The topological polar surface area (TPSA) is 105 Å². The molecule has 0 aliphatic heterocycles. The van der Waals surface area contributed by atoms with E-state index in [1.54, 1.807) is 37.3 Å². The van der Waals surface area contributed by atoms with Gasteiger partial charge in [0, 0.05) is 16.7 Å². The summed E-state index contributed by atoms with van der Waals surface area (Å²) in [7, 11) is 0. The van der Waals surface area contributed by atoms with Crippen molar-refractivity contribution in [1.82, 2.24) is 0 Å². The van der Waals surface area contributed by atoms with E-state index in [4.69, 9.17) is 18.9 Å². The molecule has 0 N–H and O–H groups in total. The molecule has 0 aromatic heterocycles. The zero-order chi connectivity index (χ0) is 26.1. The number of ether oxygens (including phenoxy) is 4. The van der Waals surface area contributed by atoms with Crippen LogP contribution in [0.4, 0.5) is 0 Å². The quantitative estimate of drug-likeness (QED) is 0.211. The molecule has 0 amide bonds. The minimum Gasteiger partial charge on any atom is -0.459 e. The first-order valence-electron chi connectivity index (χ1n) is 10.5. The van der Waals surface area contributed by atoms with Crippen LogP contribution in [0.1, 0.15) is 31.1 Å². The van der Waals surface area contributed by atoms with Crippen molar-refractivity contribution in [3.05, 3.63) is 84.5 Å². The largest absolute Gasteiger partial charge is 0.459 e. The van der Waals surface area contributed by atoms with Crippen LogP contribution in [0.5, 0.6) is 11.5 Å². The number of esters is 4. The Morgan fingerprint density at radius 3 is 1.74 bits per heavy atom. The van der Waals surface area contributed by atoms with Gasteiger partial charge in [-0.3, -0.25) is 0 Å². The van der Waals surface area contributed by atoms with Gasteiger partial charge in [0.2, 0.25) is 0 Å². The Kier molecular flexibility index (Phi) is 9.28. The van der Waals surface area contributed by atoms with Gasteiger partial charge in [-0.2, -0.15) is 0 Å². The molecule has 0 atom stereocenters. The summed E-state index contributed by atoms with van der Waals surface area (Å²) in [5.41, 5.74) is 1.97. The van der Waals surface area contributed by atoms with Crippen LogP contribution in [-0.4, -0.2) is 37.1 Å². The molecular weight excluding hydrogens is 452 g/mol. The van der Waals surface area contributed by atoms with Crippen molar-refractivity contribution in [2.75, 3.05) is 13.2 Å². The molecule has 0 aliphatic carbocycles. The zero-order valence-electron chi connectivity index (χ0n) is 19.8. The molecule has 0 bridgehead atoms. The minimum absolute atomic E-state index is 0.00147. The van der Waals surface area contributed by atoms with Crippen molar-refractivity contribution >= 4 is 23.9 Å². The number of benzene rings is 2. The number of carbonyl (C=O) groups is 4. The summed E-state index contributed by atoms with van der Waals surface area (Å²) in [5.74, 6) is -2.31. The molecule has 35 heavy (non-hydrogen) atoms. The Morgan fingerprint density at radius 2 is 1.17 bits per heavy atom. The first kappa shape index (κ1) is 26.8. The van der Waals surface area contributed by atoms with Crippen molar-refractivity contribution in [1.29, 1.82) is 0 Å². The fourth-order valence-corrected chi connectivity index (χ4v) is 2.52. The van der Waals surface area contributed by atoms with E-state index in [1.165, 1.54) is 26.0 Å². The maximum Gasteiger partial charge on any atom is 0.342 e. The van der Waals surface area contributed by atoms with Crippen molar-refractivity contribution in [3.63, 3.8) is 0 Å². The third-order valence-electron chi connectivity index (χ3n) is 4.40. The van der Waals surface area contributed by atoms with Crippen LogP contribution >= 0.6 is 0 Å². The second-order valence-corrected chi connectivity index (χ2v) is 7.63. The first-order valence-corrected chi connectivity index (χ1v) is 10.5. The van der Waals surface area contributed by atoms with Gasteiger partial charge in [0.25, 0.3) is 0 Å². The molecule has 8 nitrogen and oxygen atoms in total. The molecule has 2 aromatic carbocycles. The SMILES string of the molecule is C=C(C)C(=O)OCCOC(=O)c1ccc(-c2ccc(OC(=O)C(=C)C)cc2)cc1OC(=O)C(=C)C. The molecular formula is C27H26O8. The van der Waals surface area contributed by atoms with Crippen LogP contribution in [0, 0.1) is 0 Å². The highest BCUT2D eigenvalue weighted by Gasteiger charge is 2.19. The van der Waals surface area contributed by atoms with E-state index in [0.717, 1.165) is 0 Å². The summed E-state index contributed by atoms with van der Waals surface area (Å²) in [5, 5.41) is 0. The van der Waals surface area contributed by atoms with Gasteiger partial charge in [0.05, 0.1) is 0 Å². The van der Waals surface area contributed by atoms with Crippen LogP contribution in [0.25, 0.3) is 11.1 Å². The van der Waals surface area contributed by atoms with Crippen molar-refractivity contribution in [2.45, 2.75) is 20.8 Å². The highest BCUT2D eigenvalue weighted by Crippen LogP contribution is 2.30. The third-order valence-corrected chi connectivity index (χ3v) is 4.40. The van der Waals surface area contributed by atoms with Gasteiger partial charge in [0.1, 0.15) is 30.3 Å². The Balaban J connectivity index is 2.23. The van der Waals surface area contributed by atoms with Crippen LogP contribution in [0.2, 0.25) is 0 Å². The summed E-state index contributed by atoms with van der Waals surface area (Å²) >= 11 is 0. The predicted molar refractivity (Wildman–Crippen MR) is 129 cm³/mol. The first-order chi connectivity index (χ1) is 16.5. The molecule has 182 valence electrons. The minimum atomic E-state index is -0.769. The lowest BCUT2D eigenvalue weighted by atomic mass is 10.0. The zero-order valence-corrected chi connectivity index (χ0v) is 19.8. The lowest BCUT2D eigenvalue weighted by molar-refractivity contribution is -0.140. The summed E-state index contributed by atoms with van der Waals surface area (Å²) in [6, 6.07) is 11.2. The Labute approximate surface area is 203 Å². The van der Waals surface area contributed by atoms with Gasteiger partial charge in [0.15, 0.2) is 0 Å². The summed E-state index contributed by atoms with van der Waals surface area (Å²) in [4.78, 5) is 47.8. The van der Waals surface area contributed by atoms with Crippen molar-refractivity contribution < 1.29 is 38.1 Å². The average molecular weight is 478 g/mol. The van der Waals surface area contributed by atoms with Gasteiger partial charge < -0.3 is 18.9 Å². The van der Waals surface area contributed by atoms with Crippen LogP contribution in [-0.2, 0) is 23.9 Å². The Morgan fingerprint density at radius 1 is 0.657 bits per heavy atom. The van der Waals surface area contributed by atoms with E-state index < -0.39 is 23.9 Å². The molecule has 0 saturated heterocycles. The van der Waals surface area contributed by atoms with Gasteiger partial charge in [-0.15, -0.1) is 0 Å². The molecule has 2 aromatic rings. The van der Waals surface area contributed by atoms with E-state index >= 15 is 0 Å². The van der Waals surface area contributed by atoms with E-state index in [2.05, 4.69) is 19.7 Å². The second-order valence-electron chi connectivity index (χ2n) is 7.63. The summed E-state index contributed by atoms with van der Waals surface area (Å²) < 4.78 is 20.6. The number of carbonyl (C=O) groups excluding carboxylic acids is 4. The standard InChI is InChI=1S/C27H26O8/c1-16(2)24(28)32-13-14-33-27(31)22-12-9-20(15-23(22)35-26(30)18(5)6)19-7-10-21(11-8-19)34-25(29)17(3)4/h7-12,15H,1,3,5,13-14H2,2,4,6H3. The highest BCUT2D eigenvalue weighted by molar-refractivity contribution is 5.96. The van der Waals surface area contributed by atoms with E-state index in [0.29, 0.717) is 16.9 Å². The molecule has 0 aliphatic rings. The molecule has 8 heteroatoms. The number of hydrogen-bond acceptors (Lipinski definition) is 8. The average Bonchev–Trinajstić information content (AvgIpc) is 2.81. The van der Waals surface area contributed by atoms with Crippen LogP contribution in [0.3, 0.4) is 0 Å². The molecule has 0 saturated carbocycles. The molecule has 0 spiro atoms. The normalized spacial score (nSPS) is 10.0. The second kappa shape index (κ2) is 12.1. The smallest absolute Gasteiger partial charge is 0.342 e. The Bertz CT molecular complexity index is 1190. The van der Waals surface area contributed by atoms with E-state index in [9.17, 15) is 19.2 Å². The lowest BCUT2D eigenvalue weighted by Gasteiger charge is -2.13. The molecule has 2 rings (SSSR count). The number of hydrogen-bond donors (Lipinski definition) is 0. The van der Waals surface area contributed by atoms with Crippen molar-refractivity contribution in [3.8, 4) is 22.6 Å². The fraction of sp³-hybridized carbons (Fsp3) is 0.185. The monoisotopic (exact) mass is 478 g/mol. The van der Waals surface area contributed by atoms with Gasteiger partial charge in [-0.1, -0.05) is 37.9 Å². The summed E-state index contributed by atoms with van der Waals surface area (Å²) in [6.07, 6.45) is 0. The molecule has 0 heterocycles. The van der Waals surface area contributed by atoms with Gasteiger partial charge in [-0.05, 0) is 56.2 Å². The van der Waals surface area contributed by atoms with Crippen LogP contribution < -0.4 is 9.47 Å².